The molecule has 0 bridgehead atoms. The third-order valence-corrected chi connectivity index (χ3v) is 4.13. The molecule has 2 fully saturated rings. The Balaban J connectivity index is 1.65. The quantitative estimate of drug-likeness (QED) is 0.825. The Morgan fingerprint density at radius 3 is 2.61 bits per heavy atom. The first-order valence-electron chi connectivity index (χ1n) is 6.72. The van der Waals surface area contributed by atoms with Crippen LogP contribution in [0, 0.1) is 5.92 Å². The highest BCUT2D eigenvalue weighted by Gasteiger charge is 2.29. The van der Waals surface area contributed by atoms with Crippen LogP contribution in [0.5, 0.6) is 0 Å². The van der Waals surface area contributed by atoms with Crippen LogP contribution in [0.15, 0.2) is 4.52 Å². The number of nitrogens with zero attached hydrogens (tertiary/aromatic N) is 4. The number of piperazine rings is 1. The van der Waals surface area contributed by atoms with E-state index in [1.807, 2.05) is 0 Å². The minimum atomic E-state index is 0.361. The van der Waals surface area contributed by atoms with Gasteiger partial charge in [0.2, 0.25) is 5.89 Å². The van der Waals surface area contributed by atoms with Gasteiger partial charge in [-0.2, -0.15) is 4.98 Å². The smallest absolute Gasteiger partial charge is 0.266 e. The van der Waals surface area contributed by atoms with Crippen molar-refractivity contribution in [2.75, 3.05) is 51.2 Å². The van der Waals surface area contributed by atoms with E-state index >= 15 is 0 Å². The summed E-state index contributed by atoms with van der Waals surface area (Å²) >= 11 is 0. The Morgan fingerprint density at radius 2 is 2.00 bits per heavy atom. The number of nitrogens with one attached hydrogen (secondary N) is 1. The highest BCUT2D eigenvalue weighted by atomic mass is 16.5. The largest absolute Gasteiger partial charge is 0.337 e. The van der Waals surface area contributed by atoms with Gasteiger partial charge in [-0.1, -0.05) is 6.92 Å². The van der Waals surface area contributed by atoms with Gasteiger partial charge in [-0.3, -0.25) is 0 Å². The first kappa shape index (κ1) is 11.9. The first-order chi connectivity index (χ1) is 8.74. The number of hydrogen-bond acceptors (Lipinski definition) is 6. The van der Waals surface area contributed by atoms with Crippen molar-refractivity contribution in [3.63, 3.8) is 0 Å². The molecule has 0 radical (unpaired) electrons. The number of anilines is 1. The van der Waals surface area contributed by atoms with Gasteiger partial charge in [0, 0.05) is 32.1 Å². The molecule has 2 aliphatic rings. The Labute approximate surface area is 107 Å². The third-order valence-electron chi connectivity index (χ3n) is 4.13. The van der Waals surface area contributed by atoms with Gasteiger partial charge in [0.1, 0.15) is 0 Å². The van der Waals surface area contributed by atoms with Gasteiger partial charge in [-0.05, 0) is 31.2 Å². The van der Waals surface area contributed by atoms with Gasteiger partial charge in [0.05, 0.1) is 0 Å². The van der Waals surface area contributed by atoms with E-state index in [-0.39, 0.29) is 0 Å². The van der Waals surface area contributed by atoms with Crippen LogP contribution in [-0.4, -0.2) is 61.4 Å². The zero-order chi connectivity index (χ0) is 12.5. The molecule has 3 heterocycles. The second-order valence-corrected chi connectivity index (χ2v) is 5.43. The lowest BCUT2D eigenvalue weighted by molar-refractivity contribution is 0.252. The molecule has 0 aliphatic carbocycles. The number of hydrogen-bond donors (Lipinski definition) is 1. The molecule has 1 unspecified atom stereocenters. The minimum absolute atomic E-state index is 0.361. The van der Waals surface area contributed by atoms with Crippen LogP contribution in [0.1, 0.15) is 18.7 Å². The molecule has 18 heavy (non-hydrogen) atoms. The van der Waals surface area contributed by atoms with Crippen LogP contribution in [0.4, 0.5) is 5.95 Å². The van der Waals surface area contributed by atoms with Crippen molar-refractivity contribution >= 4 is 5.95 Å². The van der Waals surface area contributed by atoms with Crippen LogP contribution in [0.3, 0.4) is 0 Å². The van der Waals surface area contributed by atoms with E-state index in [4.69, 9.17) is 4.52 Å². The van der Waals surface area contributed by atoms with Gasteiger partial charge < -0.3 is 19.6 Å². The van der Waals surface area contributed by atoms with Crippen molar-refractivity contribution < 1.29 is 4.52 Å². The topological polar surface area (TPSA) is 57.4 Å². The molecule has 1 aromatic heterocycles. The monoisotopic (exact) mass is 251 g/mol. The van der Waals surface area contributed by atoms with E-state index in [0.717, 1.165) is 51.1 Å². The Morgan fingerprint density at radius 1 is 1.28 bits per heavy atom. The molecule has 2 saturated heterocycles. The van der Waals surface area contributed by atoms with E-state index < -0.39 is 0 Å². The van der Waals surface area contributed by atoms with Crippen LogP contribution in [0.2, 0.25) is 0 Å². The molecule has 0 amide bonds. The molecule has 6 heteroatoms. The average molecular weight is 251 g/mol. The zero-order valence-electron chi connectivity index (χ0n) is 11.1. The van der Waals surface area contributed by atoms with Gasteiger partial charge in [0.15, 0.2) is 0 Å². The maximum absolute atomic E-state index is 5.42. The van der Waals surface area contributed by atoms with E-state index in [1.165, 1.54) is 0 Å². The molecule has 0 saturated carbocycles. The lowest BCUT2D eigenvalue weighted by atomic mass is 9.89. The number of likely N-dealkylation sites (N-methyl/N-ethyl adjacent to an activating group) is 1. The molecule has 6 nitrogen and oxygen atoms in total. The SMILES string of the molecule is CC(c1nc(N2CCN(C)CC2)no1)C1CNC1. The molecule has 0 spiro atoms. The molecule has 2 aliphatic heterocycles. The van der Waals surface area contributed by atoms with Crippen molar-refractivity contribution in [2.24, 2.45) is 5.92 Å². The summed E-state index contributed by atoms with van der Waals surface area (Å²) in [6.07, 6.45) is 0. The van der Waals surface area contributed by atoms with Crippen molar-refractivity contribution in [2.45, 2.75) is 12.8 Å². The summed E-state index contributed by atoms with van der Waals surface area (Å²) in [4.78, 5) is 9.09. The average Bonchev–Trinajstić information content (AvgIpc) is 2.77. The van der Waals surface area contributed by atoms with Gasteiger partial charge in [0.25, 0.3) is 5.95 Å². The summed E-state index contributed by atoms with van der Waals surface area (Å²) in [6, 6.07) is 0. The standard InChI is InChI=1S/C12H21N5O/c1-9(10-7-13-8-10)11-14-12(15-18-11)17-5-3-16(2)4-6-17/h9-10,13H,3-8H2,1-2H3. The fourth-order valence-electron chi connectivity index (χ4n) is 2.41. The maximum atomic E-state index is 5.42. The summed E-state index contributed by atoms with van der Waals surface area (Å²) in [5.41, 5.74) is 0. The molecule has 100 valence electrons. The van der Waals surface area contributed by atoms with E-state index in [9.17, 15) is 0 Å². The molecular formula is C12H21N5O. The fourth-order valence-corrected chi connectivity index (χ4v) is 2.41. The maximum Gasteiger partial charge on any atom is 0.266 e. The molecule has 0 aromatic carbocycles. The Kier molecular flexibility index (Phi) is 3.22. The van der Waals surface area contributed by atoms with Crippen LogP contribution >= 0.6 is 0 Å². The fraction of sp³-hybridized carbons (Fsp3) is 0.833. The van der Waals surface area contributed by atoms with E-state index in [0.29, 0.717) is 11.8 Å². The predicted octanol–water partition coefficient (Wildman–Crippen LogP) is 0.144. The lowest BCUT2D eigenvalue weighted by Crippen LogP contribution is -2.45. The molecule has 1 aromatic rings. The Hall–Kier alpha value is -1.14. The van der Waals surface area contributed by atoms with Crippen LogP contribution in [-0.2, 0) is 0 Å². The van der Waals surface area contributed by atoms with Crippen molar-refractivity contribution in [3.8, 4) is 0 Å². The molecule has 1 atom stereocenters. The first-order valence-corrected chi connectivity index (χ1v) is 6.72. The summed E-state index contributed by atoms with van der Waals surface area (Å²) in [6.45, 7) is 8.38. The summed E-state index contributed by atoms with van der Waals surface area (Å²) < 4.78 is 5.42. The second-order valence-electron chi connectivity index (χ2n) is 5.43. The summed E-state index contributed by atoms with van der Waals surface area (Å²) in [5, 5.41) is 7.41. The zero-order valence-corrected chi connectivity index (χ0v) is 11.1. The summed E-state index contributed by atoms with van der Waals surface area (Å²) in [7, 11) is 2.14. The van der Waals surface area contributed by atoms with E-state index in [1.54, 1.807) is 0 Å². The van der Waals surface area contributed by atoms with E-state index in [2.05, 4.69) is 39.2 Å². The van der Waals surface area contributed by atoms with Gasteiger partial charge in [-0.15, -0.1) is 0 Å². The van der Waals surface area contributed by atoms with Crippen molar-refractivity contribution in [3.05, 3.63) is 5.89 Å². The highest BCUT2D eigenvalue weighted by molar-refractivity contribution is 5.29. The van der Waals surface area contributed by atoms with Crippen LogP contribution < -0.4 is 10.2 Å². The second kappa shape index (κ2) is 4.85. The predicted molar refractivity (Wildman–Crippen MR) is 68.8 cm³/mol. The van der Waals surface area contributed by atoms with Gasteiger partial charge in [-0.25, -0.2) is 0 Å². The third kappa shape index (κ3) is 2.22. The lowest BCUT2D eigenvalue weighted by Gasteiger charge is -2.31. The molecular weight excluding hydrogens is 230 g/mol. The van der Waals surface area contributed by atoms with Gasteiger partial charge >= 0.3 is 0 Å². The van der Waals surface area contributed by atoms with Crippen LogP contribution in [0.25, 0.3) is 0 Å². The van der Waals surface area contributed by atoms with Crippen molar-refractivity contribution in [1.29, 1.82) is 0 Å². The number of rotatable bonds is 3. The normalized spacial score (nSPS) is 24.0. The highest BCUT2D eigenvalue weighted by Crippen LogP contribution is 2.27. The summed E-state index contributed by atoms with van der Waals surface area (Å²) in [5.74, 6) is 2.55. The molecule has 3 rings (SSSR count). The number of aromatic nitrogens is 2. The minimum Gasteiger partial charge on any atom is -0.337 e. The Bertz CT molecular complexity index is 395. The van der Waals surface area contributed by atoms with Crippen molar-refractivity contribution in [1.82, 2.24) is 20.4 Å². The molecule has 1 N–H and O–H groups in total.